The van der Waals surface area contributed by atoms with Crippen molar-refractivity contribution < 1.29 is 19.0 Å². The van der Waals surface area contributed by atoms with Crippen LogP contribution in [0.4, 0.5) is 4.39 Å². The summed E-state index contributed by atoms with van der Waals surface area (Å²) in [7, 11) is 0. The van der Waals surface area contributed by atoms with Crippen molar-refractivity contribution in [1.29, 1.82) is 0 Å². The Labute approximate surface area is 191 Å². The Balaban J connectivity index is 1.54. The van der Waals surface area contributed by atoms with Gasteiger partial charge in [0.1, 0.15) is 12.4 Å². The maximum atomic E-state index is 13.9. The van der Waals surface area contributed by atoms with E-state index in [0.29, 0.717) is 41.8 Å². The Bertz CT molecular complexity index is 1150. The highest BCUT2D eigenvalue weighted by Gasteiger charge is 2.23. The van der Waals surface area contributed by atoms with Gasteiger partial charge >= 0.3 is 5.97 Å². The normalized spacial score (nSPS) is 18.2. The number of nitrogens with zero attached hydrogens (tertiary/aromatic N) is 2. The third-order valence-corrected chi connectivity index (χ3v) is 6.16. The molecule has 0 aliphatic heterocycles. The molecule has 4 rings (SSSR count). The Kier molecular flexibility index (Phi) is 7.29. The zero-order chi connectivity index (χ0) is 23.2. The summed E-state index contributed by atoms with van der Waals surface area (Å²) in [5.41, 5.74) is 2.54. The molecule has 1 aliphatic carbocycles. The van der Waals surface area contributed by atoms with E-state index in [2.05, 4.69) is 0 Å². The van der Waals surface area contributed by atoms with Crippen LogP contribution in [0.15, 0.2) is 65.5 Å². The molecule has 3 aromatic rings. The van der Waals surface area contributed by atoms with E-state index in [9.17, 15) is 14.0 Å². The third kappa shape index (κ3) is 5.93. The molecule has 1 aliphatic rings. The predicted molar refractivity (Wildman–Crippen MR) is 123 cm³/mol. The summed E-state index contributed by atoms with van der Waals surface area (Å²) in [5.74, 6) is -0.653. The zero-order valence-electron chi connectivity index (χ0n) is 18.3. The predicted octanol–water partition coefficient (Wildman–Crippen LogP) is 4.62. The van der Waals surface area contributed by atoms with Gasteiger partial charge in [-0.2, -0.15) is 5.10 Å². The quantitative estimate of drug-likeness (QED) is 0.541. The van der Waals surface area contributed by atoms with Crippen molar-refractivity contribution in [3.63, 3.8) is 0 Å². The highest BCUT2D eigenvalue weighted by Crippen LogP contribution is 2.32. The van der Waals surface area contributed by atoms with Crippen LogP contribution in [0.1, 0.15) is 25.7 Å². The lowest BCUT2D eigenvalue weighted by Crippen LogP contribution is -2.29. The van der Waals surface area contributed by atoms with Gasteiger partial charge in [0.05, 0.1) is 12.3 Å². The molecule has 172 valence electrons. The fourth-order valence-electron chi connectivity index (χ4n) is 4.44. The Hall–Kier alpha value is -3.32. The second kappa shape index (κ2) is 10.5. The van der Waals surface area contributed by atoms with Gasteiger partial charge in [-0.05, 0) is 55.2 Å². The summed E-state index contributed by atoms with van der Waals surface area (Å²) in [4.78, 5) is 23.6. The summed E-state index contributed by atoms with van der Waals surface area (Å²) in [6, 6.07) is 17.4. The summed E-state index contributed by atoms with van der Waals surface area (Å²) in [6.07, 6.45) is 3.74. The van der Waals surface area contributed by atoms with Crippen LogP contribution < -0.4 is 5.56 Å². The number of carboxylic acid groups (broad SMARTS) is 1. The van der Waals surface area contributed by atoms with Crippen molar-refractivity contribution in [1.82, 2.24) is 9.78 Å². The first-order valence-electron chi connectivity index (χ1n) is 11.2. The first-order chi connectivity index (χ1) is 16.0. The molecule has 0 saturated heterocycles. The minimum atomic E-state index is -0.954. The molecule has 0 bridgehead atoms. The molecule has 0 amide bonds. The molecule has 6 nitrogen and oxygen atoms in total. The van der Waals surface area contributed by atoms with Gasteiger partial charge in [-0.25, -0.2) is 13.9 Å². The molecule has 1 fully saturated rings. The SMILES string of the molecule is O=C(O)COCC1CCC(Cn2nc(-c3ccccc3)c(-c3cccc(F)c3)cc2=O)CC1. The number of aromatic nitrogens is 2. The lowest BCUT2D eigenvalue weighted by Gasteiger charge is -2.28. The number of carbonyl (C=O) groups is 1. The van der Waals surface area contributed by atoms with Crippen molar-refractivity contribution in [3.05, 3.63) is 76.8 Å². The van der Waals surface area contributed by atoms with Gasteiger partial charge in [-0.1, -0.05) is 42.5 Å². The Morgan fingerprint density at radius 3 is 2.39 bits per heavy atom. The number of benzene rings is 2. The van der Waals surface area contributed by atoms with Crippen molar-refractivity contribution in [3.8, 4) is 22.4 Å². The molecule has 0 atom stereocenters. The van der Waals surface area contributed by atoms with Gasteiger partial charge in [0, 0.05) is 23.7 Å². The number of hydrogen-bond acceptors (Lipinski definition) is 4. The van der Waals surface area contributed by atoms with E-state index in [4.69, 9.17) is 14.9 Å². The minimum Gasteiger partial charge on any atom is -0.480 e. The van der Waals surface area contributed by atoms with Gasteiger partial charge < -0.3 is 9.84 Å². The van der Waals surface area contributed by atoms with Gasteiger partial charge in [0.2, 0.25) is 0 Å². The first kappa shape index (κ1) is 22.9. The molecule has 33 heavy (non-hydrogen) atoms. The third-order valence-electron chi connectivity index (χ3n) is 6.16. The van der Waals surface area contributed by atoms with E-state index in [-0.39, 0.29) is 18.0 Å². The topological polar surface area (TPSA) is 81.4 Å². The minimum absolute atomic E-state index is 0.208. The van der Waals surface area contributed by atoms with Gasteiger partial charge in [0.15, 0.2) is 0 Å². The van der Waals surface area contributed by atoms with Crippen LogP contribution in [0.5, 0.6) is 0 Å². The monoisotopic (exact) mass is 450 g/mol. The summed E-state index contributed by atoms with van der Waals surface area (Å²) < 4.78 is 20.6. The van der Waals surface area contributed by atoms with Gasteiger partial charge in [-0.15, -0.1) is 0 Å². The maximum absolute atomic E-state index is 13.9. The second-order valence-corrected chi connectivity index (χ2v) is 8.60. The fourth-order valence-corrected chi connectivity index (χ4v) is 4.44. The standard InChI is InChI=1S/C26H27FN2O4/c27-22-8-4-7-21(13-22)23-14-24(30)29(28-26(23)20-5-2-1-3-6-20)15-18-9-11-19(12-10-18)16-33-17-25(31)32/h1-8,13-14,18-19H,9-12,15-17H2,(H,31,32). The van der Waals surface area contributed by atoms with Crippen molar-refractivity contribution in [2.24, 2.45) is 11.8 Å². The molecule has 1 heterocycles. The lowest BCUT2D eigenvalue weighted by atomic mass is 9.82. The Morgan fingerprint density at radius 2 is 1.70 bits per heavy atom. The fraction of sp³-hybridized carbons (Fsp3) is 0.346. The van der Waals surface area contributed by atoms with E-state index in [1.807, 2.05) is 30.3 Å². The van der Waals surface area contributed by atoms with Crippen LogP contribution >= 0.6 is 0 Å². The van der Waals surface area contributed by atoms with E-state index in [0.717, 1.165) is 31.2 Å². The highest BCUT2D eigenvalue weighted by molar-refractivity contribution is 5.80. The first-order valence-corrected chi connectivity index (χ1v) is 11.2. The molecule has 7 heteroatoms. The molecule has 0 spiro atoms. The number of ether oxygens (including phenoxy) is 1. The number of aliphatic carboxylic acids is 1. The lowest BCUT2D eigenvalue weighted by molar-refractivity contribution is -0.142. The summed E-state index contributed by atoms with van der Waals surface area (Å²) >= 11 is 0. The summed E-state index contributed by atoms with van der Waals surface area (Å²) in [5, 5.41) is 13.4. The zero-order valence-corrected chi connectivity index (χ0v) is 18.3. The van der Waals surface area contributed by atoms with Crippen molar-refractivity contribution in [2.75, 3.05) is 13.2 Å². The number of carboxylic acids is 1. The van der Waals surface area contributed by atoms with Crippen LogP contribution in [-0.2, 0) is 16.1 Å². The van der Waals surface area contributed by atoms with E-state index in [1.54, 1.807) is 18.2 Å². The van der Waals surface area contributed by atoms with Crippen molar-refractivity contribution in [2.45, 2.75) is 32.2 Å². The number of halogens is 1. The molecule has 0 unspecified atom stereocenters. The smallest absolute Gasteiger partial charge is 0.329 e. The van der Waals surface area contributed by atoms with Crippen LogP contribution in [0, 0.1) is 17.7 Å². The van der Waals surface area contributed by atoms with Crippen LogP contribution in [-0.4, -0.2) is 34.1 Å². The Morgan fingerprint density at radius 1 is 1.00 bits per heavy atom. The molecule has 2 aromatic carbocycles. The largest absolute Gasteiger partial charge is 0.480 e. The summed E-state index contributed by atoms with van der Waals surface area (Å²) in [6.45, 7) is 0.710. The maximum Gasteiger partial charge on any atom is 0.329 e. The van der Waals surface area contributed by atoms with Crippen molar-refractivity contribution >= 4 is 5.97 Å². The highest BCUT2D eigenvalue weighted by atomic mass is 19.1. The van der Waals surface area contributed by atoms with Crippen LogP contribution in [0.3, 0.4) is 0 Å². The van der Waals surface area contributed by atoms with E-state index >= 15 is 0 Å². The van der Waals surface area contributed by atoms with E-state index < -0.39 is 5.97 Å². The van der Waals surface area contributed by atoms with Gasteiger partial charge in [-0.3, -0.25) is 4.79 Å². The van der Waals surface area contributed by atoms with Gasteiger partial charge in [0.25, 0.3) is 5.56 Å². The molecule has 1 N–H and O–H groups in total. The van der Waals surface area contributed by atoms with E-state index in [1.165, 1.54) is 16.8 Å². The molecule has 1 aromatic heterocycles. The average Bonchev–Trinajstić information content (AvgIpc) is 2.81. The molecule has 0 radical (unpaired) electrons. The second-order valence-electron chi connectivity index (χ2n) is 8.60. The van der Waals surface area contributed by atoms with Crippen LogP contribution in [0.25, 0.3) is 22.4 Å². The molecular formula is C26H27FN2O4. The number of hydrogen-bond donors (Lipinski definition) is 1. The number of rotatable bonds is 8. The van der Waals surface area contributed by atoms with Crippen LogP contribution in [0.2, 0.25) is 0 Å². The molecular weight excluding hydrogens is 423 g/mol. The molecule has 1 saturated carbocycles. The average molecular weight is 451 g/mol.